The zero-order valence-corrected chi connectivity index (χ0v) is 21.8. The summed E-state index contributed by atoms with van der Waals surface area (Å²) >= 11 is 0. The monoisotopic (exact) mass is 551 g/mol. The van der Waals surface area contributed by atoms with Gasteiger partial charge >= 0.3 is 0 Å². The number of benzene rings is 1. The first-order chi connectivity index (χ1) is 19.1. The molecule has 0 aliphatic carbocycles. The number of rotatable bonds is 9. The van der Waals surface area contributed by atoms with E-state index in [1.54, 1.807) is 13.1 Å². The second-order valence-corrected chi connectivity index (χ2v) is 8.36. The first-order valence-corrected chi connectivity index (χ1v) is 11.6. The van der Waals surface area contributed by atoms with Crippen molar-refractivity contribution in [2.24, 2.45) is 0 Å². The number of amides is 2. The molecule has 0 atom stereocenters. The van der Waals surface area contributed by atoms with Crippen LogP contribution in [0.3, 0.4) is 0 Å². The molecular weight excluding hydrogens is 528 g/mol. The number of hydrogen-bond acceptors (Lipinski definition) is 9. The lowest BCUT2D eigenvalue weighted by Crippen LogP contribution is -2.13. The predicted molar refractivity (Wildman–Crippen MR) is 142 cm³/mol. The van der Waals surface area contributed by atoms with Crippen LogP contribution in [-0.4, -0.2) is 41.8 Å². The lowest BCUT2D eigenvalue weighted by Gasteiger charge is -2.14. The van der Waals surface area contributed by atoms with Crippen LogP contribution in [-0.2, 0) is 9.59 Å². The number of pyridine rings is 2. The average Bonchev–Trinajstić information content (AvgIpc) is 3.27. The Balaban J connectivity index is 1.85. The van der Waals surface area contributed by atoms with Gasteiger partial charge in [0, 0.05) is 19.2 Å². The Kier molecular flexibility index (Phi) is 7.75. The Morgan fingerprint density at radius 3 is 2.27 bits per heavy atom. The number of ketones is 1. The number of ether oxygens (including phenoxy) is 2. The minimum absolute atomic E-state index is 0.0416. The topological polar surface area (TPSA) is 145 Å². The van der Waals surface area contributed by atoms with Crippen molar-refractivity contribution in [3.63, 3.8) is 0 Å². The van der Waals surface area contributed by atoms with Crippen molar-refractivity contribution >= 4 is 51.4 Å². The zero-order chi connectivity index (χ0) is 29.1. The van der Waals surface area contributed by atoms with Gasteiger partial charge in [-0.25, -0.2) is 13.8 Å². The van der Waals surface area contributed by atoms with E-state index in [-0.39, 0.29) is 22.5 Å². The van der Waals surface area contributed by atoms with Crippen molar-refractivity contribution in [2.75, 3.05) is 30.2 Å². The molecule has 40 heavy (non-hydrogen) atoms. The number of aromatic nitrogens is 2. The molecule has 0 aliphatic heterocycles. The van der Waals surface area contributed by atoms with Crippen molar-refractivity contribution in [3.8, 4) is 11.5 Å². The predicted octanol–water partition coefficient (Wildman–Crippen LogP) is 4.88. The van der Waals surface area contributed by atoms with Gasteiger partial charge in [0.15, 0.2) is 34.5 Å². The molecule has 4 aromatic rings. The SMILES string of the molecule is C=CC(=O)Nc1cncc(C)c1Nc1cc2c(NC(C)=O)c(C(=O)c3c(F)c(OC)cc(OC)c3F)oc2cn1. The third-order valence-corrected chi connectivity index (χ3v) is 5.72. The number of carbonyl (C=O) groups excluding carboxylic acids is 3. The molecule has 0 fully saturated rings. The van der Waals surface area contributed by atoms with Gasteiger partial charge in [-0.2, -0.15) is 0 Å². The van der Waals surface area contributed by atoms with Crippen molar-refractivity contribution in [1.82, 2.24) is 9.97 Å². The van der Waals surface area contributed by atoms with Crippen molar-refractivity contribution in [1.29, 1.82) is 0 Å². The van der Waals surface area contributed by atoms with E-state index in [0.29, 0.717) is 16.9 Å². The van der Waals surface area contributed by atoms with Crippen LogP contribution in [0, 0.1) is 18.6 Å². The number of anilines is 4. The molecule has 3 heterocycles. The standard InChI is InChI=1S/C27H23F2N5O6/c1-6-20(36)33-15-10-30-9-12(2)24(15)34-19-7-14-18(11-31-19)40-27(25(14)32-13(3)35)26(37)21-22(28)16(38-4)8-17(39-5)23(21)29/h6-11H,1H2,2-5H3,(H,32,35)(H,33,36)(H,30,31,34). The maximum Gasteiger partial charge on any atom is 0.247 e. The largest absolute Gasteiger partial charge is 0.494 e. The maximum atomic E-state index is 15.1. The number of halogens is 2. The number of nitrogens with zero attached hydrogens (tertiary/aromatic N) is 2. The number of fused-ring (bicyclic) bond motifs is 1. The molecular formula is C27H23F2N5O6. The summed E-state index contributed by atoms with van der Waals surface area (Å²) in [5.74, 6) is -5.98. The molecule has 11 nitrogen and oxygen atoms in total. The van der Waals surface area contributed by atoms with Gasteiger partial charge in [0.05, 0.1) is 49.1 Å². The molecule has 0 saturated heterocycles. The zero-order valence-electron chi connectivity index (χ0n) is 21.8. The fourth-order valence-corrected chi connectivity index (χ4v) is 3.87. The summed E-state index contributed by atoms with van der Waals surface area (Å²) in [6.45, 7) is 6.37. The van der Waals surface area contributed by atoms with Crippen LogP contribution in [0.15, 0.2) is 47.8 Å². The molecule has 1 aromatic carbocycles. The molecule has 0 aliphatic rings. The van der Waals surface area contributed by atoms with Gasteiger partial charge in [-0.15, -0.1) is 0 Å². The number of nitrogens with one attached hydrogen (secondary N) is 3. The van der Waals surface area contributed by atoms with Gasteiger partial charge in [0.1, 0.15) is 11.4 Å². The fraction of sp³-hybridized carbons (Fsp3) is 0.148. The summed E-state index contributed by atoms with van der Waals surface area (Å²) < 4.78 is 45.7. The molecule has 0 radical (unpaired) electrons. The van der Waals surface area contributed by atoms with Crippen LogP contribution in [0.5, 0.6) is 11.5 Å². The van der Waals surface area contributed by atoms with Gasteiger partial charge in [-0.05, 0) is 24.6 Å². The lowest BCUT2D eigenvalue weighted by molar-refractivity contribution is -0.114. The number of carbonyl (C=O) groups is 3. The van der Waals surface area contributed by atoms with Crippen LogP contribution in [0.1, 0.15) is 28.6 Å². The molecule has 4 rings (SSSR count). The van der Waals surface area contributed by atoms with Gasteiger partial charge in [0.2, 0.25) is 17.6 Å². The highest BCUT2D eigenvalue weighted by Gasteiger charge is 2.31. The van der Waals surface area contributed by atoms with Gasteiger partial charge in [-0.3, -0.25) is 19.4 Å². The van der Waals surface area contributed by atoms with Crippen LogP contribution >= 0.6 is 0 Å². The third kappa shape index (κ3) is 5.16. The average molecular weight is 552 g/mol. The molecule has 0 spiro atoms. The van der Waals surface area contributed by atoms with Gasteiger partial charge in [0.25, 0.3) is 0 Å². The smallest absolute Gasteiger partial charge is 0.247 e. The molecule has 3 aromatic heterocycles. The van der Waals surface area contributed by atoms with Crippen LogP contribution in [0.25, 0.3) is 11.0 Å². The summed E-state index contributed by atoms with van der Waals surface area (Å²) in [5.41, 5.74) is 0.376. The van der Waals surface area contributed by atoms with Crippen molar-refractivity contribution in [3.05, 3.63) is 71.9 Å². The number of hydrogen-bond donors (Lipinski definition) is 3. The quantitative estimate of drug-likeness (QED) is 0.196. The molecule has 0 saturated carbocycles. The normalized spacial score (nSPS) is 10.7. The minimum Gasteiger partial charge on any atom is -0.494 e. The summed E-state index contributed by atoms with van der Waals surface area (Å²) in [6, 6.07) is 2.42. The Morgan fingerprint density at radius 2 is 1.68 bits per heavy atom. The van der Waals surface area contributed by atoms with Crippen LogP contribution in [0.4, 0.5) is 31.7 Å². The molecule has 0 bridgehead atoms. The van der Waals surface area contributed by atoms with E-state index in [2.05, 4.69) is 32.5 Å². The first kappa shape index (κ1) is 27.7. The highest BCUT2D eigenvalue weighted by molar-refractivity contribution is 6.17. The Morgan fingerprint density at radius 1 is 1.00 bits per heavy atom. The summed E-state index contributed by atoms with van der Waals surface area (Å²) in [4.78, 5) is 45.7. The van der Waals surface area contributed by atoms with E-state index >= 15 is 8.78 Å². The summed E-state index contributed by atoms with van der Waals surface area (Å²) in [5, 5.41) is 8.41. The Bertz CT molecular complexity index is 1660. The van der Waals surface area contributed by atoms with E-state index in [9.17, 15) is 14.4 Å². The van der Waals surface area contributed by atoms with Gasteiger partial charge < -0.3 is 29.8 Å². The fourth-order valence-electron chi connectivity index (χ4n) is 3.87. The van der Waals surface area contributed by atoms with E-state index in [1.807, 2.05) is 0 Å². The highest BCUT2D eigenvalue weighted by atomic mass is 19.1. The Hall–Kier alpha value is -5.33. The van der Waals surface area contributed by atoms with E-state index < -0.39 is 52.1 Å². The molecule has 206 valence electrons. The Labute approximate surface area is 226 Å². The first-order valence-electron chi connectivity index (χ1n) is 11.6. The van der Waals surface area contributed by atoms with Gasteiger partial charge in [-0.1, -0.05) is 6.58 Å². The molecule has 0 unspecified atom stereocenters. The van der Waals surface area contributed by atoms with E-state index in [1.165, 1.54) is 25.4 Å². The molecule has 3 N–H and O–H groups in total. The van der Waals surface area contributed by atoms with Crippen molar-refractivity contribution < 1.29 is 37.1 Å². The minimum atomic E-state index is -1.28. The third-order valence-electron chi connectivity index (χ3n) is 5.72. The van der Waals surface area contributed by atoms with E-state index in [4.69, 9.17) is 13.9 Å². The lowest BCUT2D eigenvalue weighted by atomic mass is 10.0. The van der Waals surface area contributed by atoms with Crippen molar-refractivity contribution in [2.45, 2.75) is 13.8 Å². The number of aryl methyl sites for hydroxylation is 1. The van der Waals surface area contributed by atoms with Crippen LogP contribution in [0.2, 0.25) is 0 Å². The number of methoxy groups -OCH3 is 2. The second kappa shape index (κ2) is 11.2. The second-order valence-electron chi connectivity index (χ2n) is 8.36. The van der Waals surface area contributed by atoms with Crippen LogP contribution < -0.4 is 25.4 Å². The highest BCUT2D eigenvalue weighted by Crippen LogP contribution is 2.38. The summed E-state index contributed by atoms with van der Waals surface area (Å²) in [7, 11) is 2.29. The summed E-state index contributed by atoms with van der Waals surface area (Å²) in [6.07, 6.45) is 5.35. The molecule has 2 amide bonds. The van der Waals surface area contributed by atoms with E-state index in [0.717, 1.165) is 26.4 Å². The maximum absolute atomic E-state index is 15.1. The molecule has 13 heteroatoms. The number of furan rings is 1.